The molecule has 37 heavy (non-hydrogen) atoms. The predicted molar refractivity (Wildman–Crippen MR) is 122 cm³/mol. The van der Waals surface area contributed by atoms with Gasteiger partial charge in [-0.2, -0.15) is 26.3 Å². The van der Waals surface area contributed by atoms with Gasteiger partial charge in [-0.15, -0.1) is 21.5 Å². The van der Waals surface area contributed by atoms with E-state index in [0.29, 0.717) is 0 Å². The fourth-order valence-corrected chi connectivity index (χ4v) is 5.18. The van der Waals surface area contributed by atoms with Gasteiger partial charge in [-0.3, -0.25) is 4.90 Å². The number of halogens is 6. The van der Waals surface area contributed by atoms with Crippen LogP contribution in [0, 0.1) is 6.92 Å². The fourth-order valence-electron chi connectivity index (χ4n) is 3.66. The molecular weight excluding hydrogens is 554 g/mol. The number of nitrogens with zero attached hydrogens (tertiary/aromatic N) is 4. The Hall–Kier alpha value is -2.50. The second kappa shape index (κ2) is 12.8. The first kappa shape index (κ1) is 30.7. The third kappa shape index (κ3) is 10.1. The number of aryl methyl sites for hydroxylation is 1. The smallest absolute Gasteiger partial charge is 0.475 e. The molecule has 0 radical (unpaired) electrons. The highest BCUT2D eigenvalue weighted by Crippen LogP contribution is 2.33. The van der Waals surface area contributed by atoms with Gasteiger partial charge in [-0.1, -0.05) is 11.3 Å². The number of carboxylic acids is 2. The molecule has 2 aliphatic rings. The van der Waals surface area contributed by atoms with Crippen molar-refractivity contribution in [2.45, 2.75) is 44.3 Å². The Morgan fingerprint density at radius 1 is 1.08 bits per heavy atom. The van der Waals surface area contributed by atoms with Gasteiger partial charge in [0.1, 0.15) is 5.51 Å². The minimum absolute atomic E-state index is 0.0471. The number of aliphatic carboxylic acids is 2. The van der Waals surface area contributed by atoms with Gasteiger partial charge >= 0.3 is 24.3 Å². The summed E-state index contributed by atoms with van der Waals surface area (Å²) in [4.78, 5) is 25.5. The second-order valence-electron chi connectivity index (χ2n) is 8.11. The molecule has 0 amide bonds. The van der Waals surface area contributed by atoms with E-state index in [1.807, 2.05) is 16.8 Å². The zero-order chi connectivity index (χ0) is 27.9. The summed E-state index contributed by atoms with van der Waals surface area (Å²) in [5.74, 6) is -5.51. The number of morpholine rings is 1. The molecule has 2 fully saturated rings. The van der Waals surface area contributed by atoms with Gasteiger partial charge in [0.2, 0.25) is 5.13 Å². The third-order valence-corrected chi connectivity index (χ3v) is 6.88. The molecule has 2 N–H and O–H groups in total. The molecule has 1 atom stereocenters. The second-order valence-corrected chi connectivity index (χ2v) is 10.3. The SMILES string of the molecule is Cc1ccc(CN2CCOC3(CCCN(c4nncs4)C3)C2)s1.O=C(O)C(F)(F)F.O=C(O)C(F)(F)F. The lowest BCUT2D eigenvalue weighted by molar-refractivity contribution is -0.193. The molecule has 17 heteroatoms. The van der Waals surface area contributed by atoms with Gasteiger partial charge in [-0.05, 0) is 31.9 Å². The number of piperidine rings is 1. The molecule has 0 aromatic carbocycles. The Morgan fingerprint density at radius 2 is 1.70 bits per heavy atom. The van der Waals surface area contributed by atoms with E-state index in [-0.39, 0.29) is 5.60 Å². The molecule has 1 spiro atoms. The molecule has 2 aromatic heterocycles. The van der Waals surface area contributed by atoms with Crippen LogP contribution in [0.3, 0.4) is 0 Å². The maximum absolute atomic E-state index is 10.6. The monoisotopic (exact) mass is 578 g/mol. The van der Waals surface area contributed by atoms with Crippen LogP contribution in [0.1, 0.15) is 22.6 Å². The first-order valence-electron chi connectivity index (χ1n) is 10.6. The minimum atomic E-state index is -5.08. The molecule has 1 unspecified atom stereocenters. The summed E-state index contributed by atoms with van der Waals surface area (Å²) in [7, 11) is 0. The van der Waals surface area contributed by atoms with Gasteiger partial charge < -0.3 is 19.8 Å². The number of alkyl halides is 6. The molecular formula is C20H24F6N4O5S2. The van der Waals surface area contributed by atoms with Crippen LogP contribution in [0.25, 0.3) is 0 Å². The first-order chi connectivity index (χ1) is 17.1. The normalized spacial score (nSPS) is 20.5. The molecule has 0 saturated carbocycles. The Balaban J connectivity index is 0.000000286. The average molecular weight is 579 g/mol. The van der Waals surface area contributed by atoms with Crippen LogP contribution >= 0.6 is 22.7 Å². The number of rotatable bonds is 3. The van der Waals surface area contributed by atoms with E-state index < -0.39 is 24.3 Å². The zero-order valence-electron chi connectivity index (χ0n) is 19.4. The van der Waals surface area contributed by atoms with E-state index in [1.165, 1.54) is 9.75 Å². The first-order valence-corrected chi connectivity index (χ1v) is 12.3. The zero-order valence-corrected chi connectivity index (χ0v) is 21.0. The van der Waals surface area contributed by atoms with Crippen LogP contribution in [-0.2, 0) is 20.9 Å². The summed E-state index contributed by atoms with van der Waals surface area (Å²) < 4.78 is 69.8. The summed E-state index contributed by atoms with van der Waals surface area (Å²) in [5, 5.41) is 23.5. The van der Waals surface area contributed by atoms with Crippen molar-refractivity contribution in [3.63, 3.8) is 0 Å². The van der Waals surface area contributed by atoms with Crippen LogP contribution in [0.15, 0.2) is 17.6 Å². The van der Waals surface area contributed by atoms with Crippen molar-refractivity contribution in [3.8, 4) is 0 Å². The number of aromatic nitrogens is 2. The van der Waals surface area contributed by atoms with Gasteiger partial charge in [0.15, 0.2) is 0 Å². The van der Waals surface area contributed by atoms with Crippen molar-refractivity contribution in [1.82, 2.24) is 15.1 Å². The Morgan fingerprint density at radius 3 is 2.19 bits per heavy atom. The van der Waals surface area contributed by atoms with Crippen LogP contribution in [0.2, 0.25) is 0 Å². The lowest BCUT2D eigenvalue weighted by Crippen LogP contribution is -2.59. The summed E-state index contributed by atoms with van der Waals surface area (Å²) in [5.41, 5.74) is 1.76. The van der Waals surface area contributed by atoms with E-state index in [0.717, 1.165) is 57.3 Å². The number of carboxylic acid groups (broad SMARTS) is 2. The number of thiophene rings is 1. The fraction of sp³-hybridized carbons (Fsp3) is 0.600. The van der Waals surface area contributed by atoms with Crippen LogP contribution in [0.4, 0.5) is 31.5 Å². The summed E-state index contributed by atoms with van der Waals surface area (Å²) in [6.45, 7) is 8.08. The molecule has 9 nitrogen and oxygen atoms in total. The number of carbonyl (C=O) groups is 2. The standard InChI is InChI=1S/C16H22N4OS2.2C2HF3O2/c1-13-3-4-14(23-13)9-19-7-8-21-16(10-19)5-2-6-20(11-16)15-18-17-12-22-15;2*3-2(4,5)1(6)7/h3-4,12H,2,5-11H2,1H3;2*(H,6,7). The number of ether oxygens (including phenoxy) is 1. The van der Waals surface area contributed by atoms with E-state index in [1.54, 1.807) is 11.3 Å². The number of hydrogen-bond acceptors (Lipinski definition) is 9. The number of anilines is 1. The molecule has 2 saturated heterocycles. The molecule has 208 valence electrons. The van der Waals surface area contributed by atoms with E-state index in [9.17, 15) is 26.3 Å². The van der Waals surface area contributed by atoms with E-state index in [2.05, 4.69) is 39.1 Å². The van der Waals surface area contributed by atoms with Gasteiger partial charge in [0.05, 0.1) is 18.8 Å². The molecule has 4 heterocycles. The molecule has 0 aliphatic carbocycles. The van der Waals surface area contributed by atoms with Gasteiger partial charge in [0, 0.05) is 35.9 Å². The van der Waals surface area contributed by atoms with Crippen molar-refractivity contribution < 1.29 is 50.9 Å². The molecule has 2 aliphatic heterocycles. The van der Waals surface area contributed by atoms with E-state index in [4.69, 9.17) is 24.5 Å². The Labute approximate surface area is 215 Å². The van der Waals surface area contributed by atoms with E-state index >= 15 is 0 Å². The minimum Gasteiger partial charge on any atom is -0.475 e. The lowest BCUT2D eigenvalue weighted by Gasteiger charge is -2.48. The molecule has 0 bridgehead atoms. The quantitative estimate of drug-likeness (QED) is 0.521. The van der Waals surface area contributed by atoms with Gasteiger partial charge in [-0.25, -0.2) is 9.59 Å². The highest BCUT2D eigenvalue weighted by atomic mass is 32.1. The topological polar surface area (TPSA) is 116 Å². The van der Waals surface area contributed by atoms with Crippen molar-refractivity contribution in [2.24, 2.45) is 0 Å². The average Bonchev–Trinajstić information content (AvgIpc) is 3.45. The van der Waals surface area contributed by atoms with Crippen LogP contribution < -0.4 is 4.90 Å². The summed E-state index contributed by atoms with van der Waals surface area (Å²) in [6.07, 6.45) is -7.87. The Bertz CT molecular complexity index is 990. The largest absolute Gasteiger partial charge is 0.490 e. The maximum atomic E-state index is 10.6. The highest BCUT2D eigenvalue weighted by Gasteiger charge is 2.41. The maximum Gasteiger partial charge on any atom is 0.490 e. The predicted octanol–water partition coefficient (Wildman–Crippen LogP) is 4.05. The highest BCUT2D eigenvalue weighted by molar-refractivity contribution is 7.13. The summed E-state index contributed by atoms with van der Waals surface area (Å²) in [6, 6.07) is 4.48. The Kier molecular flexibility index (Phi) is 10.7. The lowest BCUT2D eigenvalue weighted by atomic mass is 9.91. The summed E-state index contributed by atoms with van der Waals surface area (Å²) >= 11 is 3.52. The molecule has 2 aromatic rings. The van der Waals surface area contributed by atoms with Gasteiger partial charge in [0.25, 0.3) is 0 Å². The van der Waals surface area contributed by atoms with Crippen molar-refractivity contribution in [2.75, 3.05) is 37.7 Å². The number of hydrogen-bond donors (Lipinski definition) is 2. The van der Waals surface area contributed by atoms with Crippen LogP contribution in [-0.4, -0.2) is 88.0 Å². The van der Waals surface area contributed by atoms with Crippen molar-refractivity contribution >= 4 is 39.7 Å². The molecule has 4 rings (SSSR count). The van der Waals surface area contributed by atoms with Crippen LogP contribution in [0.5, 0.6) is 0 Å². The van der Waals surface area contributed by atoms with Crippen molar-refractivity contribution in [3.05, 3.63) is 27.4 Å². The third-order valence-electron chi connectivity index (χ3n) is 5.15. The van der Waals surface area contributed by atoms with Crippen molar-refractivity contribution in [1.29, 1.82) is 0 Å².